The van der Waals surface area contributed by atoms with E-state index in [-0.39, 0.29) is 12.2 Å². The molecule has 0 saturated carbocycles. The van der Waals surface area contributed by atoms with E-state index in [0.717, 1.165) is 16.0 Å². The standard InChI is InChI=1S/C25H23N3O4/c1-16-7-11-19(12-8-16)26-23(30)21(15-17-5-3-2-4-6-17)28-24(31)22(27-25(28)32)18-9-13-20(29)14-10-18/h2-14,21-22,29H,15H2,1H3,(H,26,30)(H,27,32)/t21?,22-/m1/s1. The summed E-state index contributed by atoms with van der Waals surface area (Å²) in [6.45, 7) is 1.94. The zero-order valence-corrected chi connectivity index (χ0v) is 17.5. The molecule has 7 nitrogen and oxygen atoms in total. The molecule has 32 heavy (non-hydrogen) atoms. The fraction of sp³-hybridized carbons (Fsp3) is 0.160. The summed E-state index contributed by atoms with van der Waals surface area (Å²) in [7, 11) is 0. The number of carbonyl (C=O) groups excluding carboxylic acids is 3. The van der Waals surface area contributed by atoms with Crippen molar-refractivity contribution in [3.8, 4) is 5.75 Å². The number of hydrogen-bond acceptors (Lipinski definition) is 4. The summed E-state index contributed by atoms with van der Waals surface area (Å²) in [6, 6.07) is 20.0. The SMILES string of the molecule is Cc1ccc(NC(=O)C(Cc2ccccc2)N2C(=O)N[C@H](c3ccc(O)cc3)C2=O)cc1. The summed E-state index contributed by atoms with van der Waals surface area (Å²) in [5, 5.41) is 15.0. The molecule has 1 saturated heterocycles. The van der Waals surface area contributed by atoms with Gasteiger partial charge in [-0.05, 0) is 42.3 Å². The Labute approximate surface area is 185 Å². The molecule has 7 heteroatoms. The highest BCUT2D eigenvalue weighted by atomic mass is 16.3. The van der Waals surface area contributed by atoms with Crippen LogP contribution in [0.1, 0.15) is 22.7 Å². The van der Waals surface area contributed by atoms with Gasteiger partial charge in [0.1, 0.15) is 17.8 Å². The predicted molar refractivity (Wildman–Crippen MR) is 120 cm³/mol. The molecule has 1 aliphatic heterocycles. The van der Waals surface area contributed by atoms with E-state index < -0.39 is 29.9 Å². The van der Waals surface area contributed by atoms with Gasteiger partial charge in [-0.1, -0.05) is 60.2 Å². The van der Waals surface area contributed by atoms with Crippen LogP contribution in [0.4, 0.5) is 10.5 Å². The van der Waals surface area contributed by atoms with Gasteiger partial charge >= 0.3 is 6.03 Å². The normalized spacial score (nSPS) is 16.5. The van der Waals surface area contributed by atoms with E-state index >= 15 is 0 Å². The molecular formula is C25H23N3O4. The van der Waals surface area contributed by atoms with Crippen LogP contribution in [-0.4, -0.2) is 33.9 Å². The molecular weight excluding hydrogens is 406 g/mol. The molecule has 3 aromatic rings. The van der Waals surface area contributed by atoms with Crippen LogP contribution in [0.2, 0.25) is 0 Å². The Hall–Kier alpha value is -4.13. The molecule has 3 N–H and O–H groups in total. The van der Waals surface area contributed by atoms with Crippen LogP contribution < -0.4 is 10.6 Å². The first-order chi connectivity index (χ1) is 15.4. The zero-order chi connectivity index (χ0) is 22.7. The Balaban J connectivity index is 1.63. The van der Waals surface area contributed by atoms with Crippen molar-refractivity contribution >= 4 is 23.5 Å². The molecule has 0 radical (unpaired) electrons. The minimum Gasteiger partial charge on any atom is -0.508 e. The highest BCUT2D eigenvalue weighted by molar-refractivity contribution is 6.09. The van der Waals surface area contributed by atoms with Gasteiger partial charge in [0, 0.05) is 12.1 Å². The van der Waals surface area contributed by atoms with Gasteiger partial charge in [-0.15, -0.1) is 0 Å². The summed E-state index contributed by atoms with van der Waals surface area (Å²) >= 11 is 0. The minimum absolute atomic E-state index is 0.0572. The molecule has 1 fully saturated rings. The average molecular weight is 429 g/mol. The summed E-state index contributed by atoms with van der Waals surface area (Å²) in [5.41, 5.74) is 2.99. The van der Waals surface area contributed by atoms with Gasteiger partial charge in [-0.2, -0.15) is 0 Å². The van der Waals surface area contributed by atoms with Crippen molar-refractivity contribution in [2.45, 2.75) is 25.4 Å². The third kappa shape index (κ3) is 4.46. The molecule has 0 aliphatic carbocycles. The molecule has 2 atom stereocenters. The number of amides is 4. The van der Waals surface area contributed by atoms with E-state index in [2.05, 4.69) is 10.6 Å². The molecule has 1 heterocycles. The van der Waals surface area contributed by atoms with Crippen molar-refractivity contribution in [1.82, 2.24) is 10.2 Å². The van der Waals surface area contributed by atoms with Gasteiger partial charge in [-0.25, -0.2) is 9.69 Å². The van der Waals surface area contributed by atoms with Crippen molar-refractivity contribution in [1.29, 1.82) is 0 Å². The number of carbonyl (C=O) groups is 3. The van der Waals surface area contributed by atoms with Crippen molar-refractivity contribution in [3.05, 3.63) is 95.6 Å². The number of nitrogens with one attached hydrogen (secondary N) is 2. The topological polar surface area (TPSA) is 98.7 Å². The predicted octanol–water partition coefficient (Wildman–Crippen LogP) is 3.54. The van der Waals surface area contributed by atoms with Crippen molar-refractivity contribution in [2.24, 2.45) is 0 Å². The fourth-order valence-corrected chi connectivity index (χ4v) is 3.68. The number of benzene rings is 3. The van der Waals surface area contributed by atoms with E-state index in [1.54, 1.807) is 24.3 Å². The Morgan fingerprint density at radius 1 is 1.00 bits per heavy atom. The van der Waals surface area contributed by atoms with Crippen LogP contribution >= 0.6 is 0 Å². The monoisotopic (exact) mass is 429 g/mol. The third-order valence-corrected chi connectivity index (χ3v) is 5.40. The van der Waals surface area contributed by atoms with E-state index in [1.807, 2.05) is 49.4 Å². The second-order valence-electron chi connectivity index (χ2n) is 7.74. The first kappa shape index (κ1) is 21.1. The van der Waals surface area contributed by atoms with E-state index in [9.17, 15) is 19.5 Å². The number of aromatic hydroxyl groups is 1. The quantitative estimate of drug-likeness (QED) is 0.522. The Bertz CT molecular complexity index is 1130. The first-order valence-corrected chi connectivity index (χ1v) is 10.3. The lowest BCUT2D eigenvalue weighted by molar-refractivity contribution is -0.134. The van der Waals surface area contributed by atoms with E-state index in [4.69, 9.17) is 0 Å². The number of rotatable bonds is 6. The van der Waals surface area contributed by atoms with Gasteiger partial charge in [0.2, 0.25) is 5.91 Å². The highest BCUT2D eigenvalue weighted by Gasteiger charge is 2.45. The van der Waals surface area contributed by atoms with E-state index in [1.165, 1.54) is 12.1 Å². The number of hydrogen-bond donors (Lipinski definition) is 3. The maximum absolute atomic E-state index is 13.2. The molecule has 0 bridgehead atoms. The molecule has 4 amide bonds. The van der Waals surface area contributed by atoms with Gasteiger partial charge in [0.05, 0.1) is 0 Å². The molecule has 0 spiro atoms. The second-order valence-corrected chi connectivity index (χ2v) is 7.74. The summed E-state index contributed by atoms with van der Waals surface area (Å²) in [4.78, 5) is 40.3. The average Bonchev–Trinajstić information content (AvgIpc) is 3.08. The molecule has 1 aliphatic rings. The number of aryl methyl sites for hydroxylation is 1. The first-order valence-electron chi connectivity index (χ1n) is 10.3. The summed E-state index contributed by atoms with van der Waals surface area (Å²) < 4.78 is 0. The Morgan fingerprint density at radius 2 is 1.66 bits per heavy atom. The lowest BCUT2D eigenvalue weighted by Crippen LogP contribution is -2.49. The number of urea groups is 1. The van der Waals surface area contributed by atoms with Gasteiger partial charge in [0.15, 0.2) is 0 Å². The minimum atomic E-state index is -1.03. The van der Waals surface area contributed by atoms with Crippen LogP contribution in [0.3, 0.4) is 0 Å². The Kier molecular flexibility index (Phi) is 5.89. The van der Waals surface area contributed by atoms with Crippen molar-refractivity contribution in [2.75, 3.05) is 5.32 Å². The molecule has 1 unspecified atom stereocenters. The Morgan fingerprint density at radius 3 is 2.31 bits per heavy atom. The fourth-order valence-electron chi connectivity index (χ4n) is 3.68. The van der Waals surface area contributed by atoms with Crippen LogP contribution in [0, 0.1) is 6.92 Å². The summed E-state index contributed by atoms with van der Waals surface area (Å²) in [5.74, 6) is -0.907. The lowest BCUT2D eigenvalue weighted by atomic mass is 10.0. The molecule has 0 aromatic heterocycles. The number of anilines is 1. The maximum atomic E-state index is 13.2. The van der Waals surface area contributed by atoms with Crippen molar-refractivity contribution < 1.29 is 19.5 Å². The number of imide groups is 1. The molecule has 162 valence electrons. The van der Waals surface area contributed by atoms with Crippen LogP contribution in [0.15, 0.2) is 78.9 Å². The van der Waals surface area contributed by atoms with Gasteiger partial charge in [0.25, 0.3) is 5.91 Å². The van der Waals surface area contributed by atoms with Gasteiger partial charge in [-0.3, -0.25) is 9.59 Å². The largest absolute Gasteiger partial charge is 0.508 e. The number of phenols is 1. The van der Waals surface area contributed by atoms with Gasteiger partial charge < -0.3 is 15.7 Å². The lowest BCUT2D eigenvalue weighted by Gasteiger charge is -2.25. The second kappa shape index (κ2) is 8.93. The third-order valence-electron chi connectivity index (χ3n) is 5.40. The van der Waals surface area contributed by atoms with Crippen LogP contribution in [0.25, 0.3) is 0 Å². The summed E-state index contributed by atoms with van der Waals surface area (Å²) in [6.07, 6.45) is 0.181. The number of nitrogens with zero attached hydrogens (tertiary/aromatic N) is 1. The van der Waals surface area contributed by atoms with E-state index in [0.29, 0.717) is 11.3 Å². The van der Waals surface area contributed by atoms with Crippen LogP contribution in [0.5, 0.6) is 5.75 Å². The smallest absolute Gasteiger partial charge is 0.325 e. The highest BCUT2D eigenvalue weighted by Crippen LogP contribution is 2.27. The maximum Gasteiger partial charge on any atom is 0.325 e. The molecule has 3 aromatic carbocycles. The van der Waals surface area contributed by atoms with Crippen LogP contribution in [-0.2, 0) is 16.0 Å². The zero-order valence-electron chi connectivity index (χ0n) is 17.5. The molecule has 4 rings (SSSR count). The van der Waals surface area contributed by atoms with Crippen molar-refractivity contribution in [3.63, 3.8) is 0 Å². The number of phenolic OH excluding ortho intramolecular Hbond substituents is 1.